The predicted octanol–water partition coefficient (Wildman–Crippen LogP) is 21.9. The molecule has 0 spiro atoms. The highest BCUT2D eigenvalue weighted by molar-refractivity contribution is 5.71. The van der Waals surface area contributed by atoms with Crippen LogP contribution in [0.15, 0.2) is 146 Å². The molecule has 0 aromatic carbocycles. The van der Waals surface area contributed by atoms with Gasteiger partial charge in [-0.05, 0) is 141 Å². The summed E-state index contributed by atoms with van der Waals surface area (Å²) in [6.45, 7) is 6.36. The number of ether oxygens (including phenoxy) is 3. The van der Waals surface area contributed by atoms with E-state index in [1.54, 1.807) is 0 Å². The zero-order valence-corrected chi connectivity index (χ0v) is 50.4. The van der Waals surface area contributed by atoms with Crippen LogP contribution < -0.4 is 0 Å². The summed E-state index contributed by atoms with van der Waals surface area (Å²) in [6, 6.07) is 0. The Morgan fingerprint density at radius 2 is 0.500 bits per heavy atom. The Morgan fingerprint density at radius 1 is 0.269 bits per heavy atom. The van der Waals surface area contributed by atoms with E-state index in [2.05, 4.69) is 167 Å². The van der Waals surface area contributed by atoms with Gasteiger partial charge in [0.25, 0.3) is 0 Å². The minimum absolute atomic E-state index is 0.102. The molecule has 0 aliphatic rings. The van der Waals surface area contributed by atoms with Crippen molar-refractivity contribution >= 4 is 17.9 Å². The van der Waals surface area contributed by atoms with E-state index < -0.39 is 6.10 Å². The van der Waals surface area contributed by atoms with Gasteiger partial charge in [0.1, 0.15) is 13.2 Å². The van der Waals surface area contributed by atoms with Crippen LogP contribution in [0.1, 0.15) is 271 Å². The van der Waals surface area contributed by atoms with Gasteiger partial charge in [-0.1, -0.05) is 256 Å². The van der Waals surface area contributed by atoms with Gasteiger partial charge in [-0.25, -0.2) is 0 Å². The molecule has 0 aromatic rings. The fourth-order valence-corrected chi connectivity index (χ4v) is 8.35. The summed E-state index contributed by atoms with van der Waals surface area (Å²) < 4.78 is 16.9. The van der Waals surface area contributed by atoms with Gasteiger partial charge in [-0.2, -0.15) is 0 Å². The third kappa shape index (κ3) is 62.1. The molecule has 0 saturated carbocycles. The lowest BCUT2D eigenvalue weighted by atomic mass is 10.1. The van der Waals surface area contributed by atoms with Crippen LogP contribution in [-0.2, 0) is 28.6 Å². The van der Waals surface area contributed by atoms with Crippen molar-refractivity contribution in [2.24, 2.45) is 0 Å². The third-order valence-electron chi connectivity index (χ3n) is 13.1. The quantitative estimate of drug-likeness (QED) is 0.0261. The van der Waals surface area contributed by atoms with E-state index in [9.17, 15) is 14.4 Å². The minimum atomic E-state index is -0.809. The fourth-order valence-electron chi connectivity index (χ4n) is 8.35. The van der Waals surface area contributed by atoms with Crippen LogP contribution in [0.4, 0.5) is 0 Å². The molecule has 0 rings (SSSR count). The molecular formula is C72H116O6. The first-order valence-electron chi connectivity index (χ1n) is 31.8. The zero-order valence-electron chi connectivity index (χ0n) is 50.4. The van der Waals surface area contributed by atoms with Crippen LogP contribution in [0.5, 0.6) is 0 Å². The standard InChI is InChI=1S/C72H116O6/c1-4-7-10-13-16-19-22-25-28-31-34-36-38-41-44-47-50-53-56-59-62-65-71(74)77-68-69(67-76-70(73)64-61-58-55-52-49-46-43-40-33-30-27-24-21-18-15-12-9-6-3)78-72(75)66-63-60-57-54-51-48-45-42-39-37-35-32-29-26-23-20-17-14-11-8-5-2/h7-8,10-11,16-17,19-21,24-26,28-30,33-37,41-42,44-45,69H,4-6,9,12-15,18,22-23,27,31-32,38-40,43,46-68H2,1-3H3/b10-7-,11-8-,19-16-,20-17-,24-21-,28-25-,29-26-,33-30-,36-34-,37-35-,44-41-,45-42-. The summed E-state index contributed by atoms with van der Waals surface area (Å²) >= 11 is 0. The summed E-state index contributed by atoms with van der Waals surface area (Å²) in [5.41, 5.74) is 0. The van der Waals surface area contributed by atoms with E-state index in [0.717, 1.165) is 173 Å². The Balaban J connectivity index is 4.51. The first kappa shape index (κ1) is 73.3. The van der Waals surface area contributed by atoms with Crippen molar-refractivity contribution in [1.82, 2.24) is 0 Å². The molecule has 0 N–H and O–H groups in total. The lowest BCUT2D eigenvalue weighted by molar-refractivity contribution is -0.167. The van der Waals surface area contributed by atoms with E-state index in [1.165, 1.54) is 57.8 Å². The van der Waals surface area contributed by atoms with E-state index in [-0.39, 0.29) is 31.1 Å². The van der Waals surface area contributed by atoms with Crippen LogP contribution in [0, 0.1) is 0 Å². The van der Waals surface area contributed by atoms with Crippen LogP contribution in [-0.4, -0.2) is 37.2 Å². The van der Waals surface area contributed by atoms with Gasteiger partial charge < -0.3 is 14.2 Å². The van der Waals surface area contributed by atoms with E-state index in [0.29, 0.717) is 19.3 Å². The molecule has 0 bridgehead atoms. The monoisotopic (exact) mass is 1080 g/mol. The number of carbonyl (C=O) groups excluding carboxylic acids is 3. The number of hydrogen-bond acceptors (Lipinski definition) is 6. The highest BCUT2D eigenvalue weighted by Crippen LogP contribution is 2.14. The van der Waals surface area contributed by atoms with Gasteiger partial charge in [0.05, 0.1) is 0 Å². The second-order valence-electron chi connectivity index (χ2n) is 20.5. The largest absolute Gasteiger partial charge is 0.462 e. The molecule has 6 nitrogen and oxygen atoms in total. The number of allylic oxidation sites excluding steroid dienone is 24. The van der Waals surface area contributed by atoms with Crippen molar-refractivity contribution in [1.29, 1.82) is 0 Å². The van der Waals surface area contributed by atoms with Gasteiger partial charge in [0.2, 0.25) is 0 Å². The second-order valence-corrected chi connectivity index (χ2v) is 20.5. The number of hydrogen-bond donors (Lipinski definition) is 0. The predicted molar refractivity (Wildman–Crippen MR) is 339 cm³/mol. The summed E-state index contributed by atoms with van der Waals surface area (Å²) in [5.74, 6) is -0.947. The minimum Gasteiger partial charge on any atom is -0.462 e. The van der Waals surface area contributed by atoms with Crippen molar-refractivity contribution in [2.45, 2.75) is 277 Å². The summed E-state index contributed by atoms with van der Waals surface area (Å²) in [6.07, 6.45) is 92.6. The second kappa shape index (κ2) is 64.8. The van der Waals surface area contributed by atoms with Gasteiger partial charge in [0, 0.05) is 19.3 Å². The topological polar surface area (TPSA) is 78.9 Å². The molecule has 0 aliphatic heterocycles. The normalized spacial score (nSPS) is 13.1. The lowest BCUT2D eigenvalue weighted by Crippen LogP contribution is -2.30. The Bertz CT molecular complexity index is 1710. The average molecular weight is 1080 g/mol. The average Bonchev–Trinajstić information content (AvgIpc) is 3.44. The van der Waals surface area contributed by atoms with Crippen molar-refractivity contribution in [3.8, 4) is 0 Å². The molecule has 0 amide bonds. The number of rotatable bonds is 56. The summed E-state index contributed by atoms with van der Waals surface area (Å²) in [4.78, 5) is 38.4. The van der Waals surface area contributed by atoms with Gasteiger partial charge >= 0.3 is 17.9 Å². The molecule has 1 unspecified atom stereocenters. The van der Waals surface area contributed by atoms with E-state index in [1.807, 2.05) is 0 Å². The maximum atomic E-state index is 12.9. The Hall–Kier alpha value is -4.71. The Morgan fingerprint density at radius 3 is 0.782 bits per heavy atom. The highest BCUT2D eigenvalue weighted by Gasteiger charge is 2.19. The first-order valence-corrected chi connectivity index (χ1v) is 31.8. The number of unbranched alkanes of at least 4 members (excludes halogenated alkanes) is 21. The fraction of sp³-hybridized carbons (Fsp3) is 0.625. The molecule has 78 heavy (non-hydrogen) atoms. The molecule has 440 valence electrons. The molecule has 0 radical (unpaired) electrons. The van der Waals surface area contributed by atoms with Crippen LogP contribution in [0.2, 0.25) is 0 Å². The van der Waals surface area contributed by atoms with E-state index >= 15 is 0 Å². The van der Waals surface area contributed by atoms with Crippen molar-refractivity contribution in [3.05, 3.63) is 146 Å². The van der Waals surface area contributed by atoms with Gasteiger partial charge in [0.15, 0.2) is 6.10 Å². The smallest absolute Gasteiger partial charge is 0.306 e. The van der Waals surface area contributed by atoms with E-state index in [4.69, 9.17) is 14.2 Å². The Labute approximate surface area is 480 Å². The summed E-state index contributed by atoms with van der Waals surface area (Å²) in [5, 5.41) is 0. The van der Waals surface area contributed by atoms with Crippen LogP contribution in [0.25, 0.3) is 0 Å². The van der Waals surface area contributed by atoms with Gasteiger partial charge in [-0.15, -0.1) is 0 Å². The van der Waals surface area contributed by atoms with Gasteiger partial charge in [-0.3, -0.25) is 14.4 Å². The molecule has 6 heteroatoms. The molecular weight excluding hydrogens is 961 g/mol. The molecule has 0 aromatic heterocycles. The van der Waals surface area contributed by atoms with Crippen molar-refractivity contribution in [2.75, 3.05) is 13.2 Å². The van der Waals surface area contributed by atoms with Crippen LogP contribution >= 0.6 is 0 Å². The molecule has 0 aliphatic carbocycles. The lowest BCUT2D eigenvalue weighted by Gasteiger charge is -2.18. The van der Waals surface area contributed by atoms with Crippen molar-refractivity contribution in [3.63, 3.8) is 0 Å². The summed E-state index contributed by atoms with van der Waals surface area (Å²) in [7, 11) is 0. The number of esters is 3. The molecule has 0 fully saturated rings. The molecule has 0 saturated heterocycles. The van der Waals surface area contributed by atoms with Crippen LogP contribution in [0.3, 0.4) is 0 Å². The molecule has 1 atom stereocenters. The Kier molecular flexibility index (Phi) is 60.9. The number of carbonyl (C=O) groups is 3. The maximum Gasteiger partial charge on any atom is 0.306 e. The molecule has 0 heterocycles. The maximum absolute atomic E-state index is 12.9. The van der Waals surface area contributed by atoms with Crippen molar-refractivity contribution < 1.29 is 28.6 Å². The SMILES string of the molecule is CC/C=C\C/C=C\C/C=C\C/C=C\C/C=C\CCCCCCCC(=O)OCC(COC(=O)CCCCCCCCC/C=C\C/C=C\CCCCCC)OC(=O)CCCCCCC/C=C\C/C=C\C/C=C\C/C=C\C/C=C\CC. The third-order valence-corrected chi connectivity index (χ3v) is 13.1. The first-order chi connectivity index (χ1) is 38.5. The highest BCUT2D eigenvalue weighted by atomic mass is 16.6. The zero-order chi connectivity index (χ0) is 56.4.